The van der Waals surface area contributed by atoms with Crippen LogP contribution >= 0.6 is 43.6 Å². The van der Waals surface area contributed by atoms with E-state index in [1.165, 1.54) is 0 Å². The van der Waals surface area contributed by atoms with Gasteiger partial charge in [0.15, 0.2) is 0 Å². The molecule has 0 saturated carbocycles. The zero-order chi connectivity index (χ0) is 12.1. The molecule has 0 aliphatic heterocycles. The van der Waals surface area contributed by atoms with Crippen LogP contribution in [0, 0.1) is 0 Å². The molecule has 88 valence electrons. The van der Waals surface area contributed by atoms with Crippen LogP contribution in [0.2, 0.25) is 0 Å². The highest BCUT2D eigenvalue weighted by molar-refractivity contribution is 9.11. The topological polar surface area (TPSA) is 29.1 Å². The highest BCUT2D eigenvalue weighted by Crippen LogP contribution is 2.20. The van der Waals surface area contributed by atoms with Crippen molar-refractivity contribution in [1.29, 1.82) is 0 Å². The maximum absolute atomic E-state index is 11.8. The van der Waals surface area contributed by atoms with Crippen LogP contribution in [-0.2, 0) is 0 Å². The average Bonchev–Trinajstić information content (AvgIpc) is 2.23. The van der Waals surface area contributed by atoms with Gasteiger partial charge in [0.2, 0.25) is 0 Å². The maximum Gasteiger partial charge on any atom is 0.251 e. The molecule has 1 amide bonds. The second-order valence-electron chi connectivity index (χ2n) is 3.41. The summed E-state index contributed by atoms with van der Waals surface area (Å²) in [6.45, 7) is 2.77. The number of amides is 1. The Morgan fingerprint density at radius 2 is 1.94 bits per heavy atom. The molecule has 0 saturated heterocycles. The SMILES string of the molecule is CSC(C)CNC(=O)c1cc(Br)cc(Br)c1. The number of carbonyl (C=O) groups is 1. The van der Waals surface area contributed by atoms with Gasteiger partial charge in [0.1, 0.15) is 0 Å². The van der Waals surface area contributed by atoms with Crippen molar-refractivity contribution in [3.05, 3.63) is 32.7 Å². The van der Waals surface area contributed by atoms with Gasteiger partial charge < -0.3 is 5.32 Å². The minimum atomic E-state index is -0.0390. The Balaban J connectivity index is 2.66. The van der Waals surface area contributed by atoms with Crippen LogP contribution in [-0.4, -0.2) is 24.0 Å². The van der Waals surface area contributed by atoms with E-state index in [0.717, 1.165) is 8.95 Å². The Morgan fingerprint density at radius 3 is 2.44 bits per heavy atom. The first-order valence-electron chi connectivity index (χ1n) is 4.80. The van der Waals surface area contributed by atoms with Gasteiger partial charge in [-0.05, 0) is 24.5 Å². The number of carbonyl (C=O) groups excluding carboxylic acids is 1. The summed E-state index contributed by atoms with van der Waals surface area (Å²) in [5.74, 6) is -0.0390. The summed E-state index contributed by atoms with van der Waals surface area (Å²) in [6, 6.07) is 5.52. The maximum atomic E-state index is 11.8. The highest BCUT2D eigenvalue weighted by Gasteiger charge is 2.08. The van der Waals surface area contributed by atoms with Gasteiger partial charge in [-0.25, -0.2) is 0 Å². The first-order valence-corrected chi connectivity index (χ1v) is 7.67. The van der Waals surface area contributed by atoms with Gasteiger partial charge in [-0.2, -0.15) is 11.8 Å². The lowest BCUT2D eigenvalue weighted by atomic mass is 10.2. The van der Waals surface area contributed by atoms with Gasteiger partial charge >= 0.3 is 0 Å². The Bertz CT molecular complexity index is 364. The summed E-state index contributed by atoms with van der Waals surface area (Å²) in [7, 11) is 0. The molecule has 0 spiro atoms. The monoisotopic (exact) mass is 365 g/mol. The fourth-order valence-electron chi connectivity index (χ4n) is 1.11. The summed E-state index contributed by atoms with van der Waals surface area (Å²) >= 11 is 8.46. The molecule has 0 aromatic heterocycles. The average molecular weight is 367 g/mol. The molecule has 0 radical (unpaired) electrons. The van der Waals surface area contributed by atoms with Gasteiger partial charge in [-0.1, -0.05) is 38.8 Å². The van der Waals surface area contributed by atoms with Crippen LogP contribution in [0.4, 0.5) is 0 Å². The molecule has 2 nitrogen and oxygen atoms in total. The molecular weight excluding hydrogens is 354 g/mol. The number of rotatable bonds is 4. The summed E-state index contributed by atoms with van der Waals surface area (Å²) in [5, 5.41) is 3.33. The zero-order valence-corrected chi connectivity index (χ0v) is 13.1. The van der Waals surface area contributed by atoms with Crippen molar-refractivity contribution in [2.24, 2.45) is 0 Å². The summed E-state index contributed by atoms with van der Waals surface area (Å²) < 4.78 is 1.79. The largest absolute Gasteiger partial charge is 0.351 e. The fraction of sp³-hybridized carbons (Fsp3) is 0.364. The van der Waals surface area contributed by atoms with E-state index >= 15 is 0 Å². The molecule has 16 heavy (non-hydrogen) atoms. The number of hydrogen-bond acceptors (Lipinski definition) is 2. The van der Waals surface area contributed by atoms with Crippen LogP contribution in [0.15, 0.2) is 27.1 Å². The van der Waals surface area contributed by atoms with Crippen LogP contribution in [0.1, 0.15) is 17.3 Å². The van der Waals surface area contributed by atoms with E-state index in [1.54, 1.807) is 11.8 Å². The lowest BCUT2D eigenvalue weighted by molar-refractivity contribution is 0.0954. The zero-order valence-electron chi connectivity index (χ0n) is 9.09. The lowest BCUT2D eigenvalue weighted by Crippen LogP contribution is -2.29. The Morgan fingerprint density at radius 1 is 1.38 bits per heavy atom. The third-order valence-electron chi connectivity index (χ3n) is 2.08. The van der Waals surface area contributed by atoms with E-state index in [-0.39, 0.29) is 5.91 Å². The molecule has 1 unspecified atom stereocenters. The van der Waals surface area contributed by atoms with E-state index in [2.05, 4.69) is 44.1 Å². The number of nitrogens with one attached hydrogen (secondary N) is 1. The van der Waals surface area contributed by atoms with Gasteiger partial charge in [-0.3, -0.25) is 4.79 Å². The summed E-state index contributed by atoms with van der Waals surface area (Å²) in [4.78, 5) is 11.8. The number of hydrogen-bond donors (Lipinski definition) is 1. The van der Waals surface area contributed by atoms with Gasteiger partial charge in [-0.15, -0.1) is 0 Å². The van der Waals surface area contributed by atoms with Gasteiger partial charge in [0.25, 0.3) is 5.91 Å². The molecule has 0 aliphatic rings. The molecular formula is C11H13Br2NOS. The quantitative estimate of drug-likeness (QED) is 0.880. The lowest BCUT2D eigenvalue weighted by Gasteiger charge is -2.10. The fourth-order valence-corrected chi connectivity index (χ4v) is 2.65. The number of halogens is 2. The second-order valence-corrected chi connectivity index (χ2v) is 6.52. The van der Waals surface area contributed by atoms with E-state index in [1.807, 2.05) is 24.5 Å². The van der Waals surface area contributed by atoms with Gasteiger partial charge in [0, 0.05) is 26.3 Å². The molecule has 1 aromatic rings. The highest BCUT2D eigenvalue weighted by atomic mass is 79.9. The molecule has 1 N–H and O–H groups in total. The third kappa shape index (κ3) is 4.47. The minimum Gasteiger partial charge on any atom is -0.351 e. The normalized spacial score (nSPS) is 12.2. The molecule has 1 atom stereocenters. The van der Waals surface area contributed by atoms with Crippen molar-refractivity contribution in [1.82, 2.24) is 5.32 Å². The third-order valence-corrected chi connectivity index (χ3v) is 3.96. The van der Waals surface area contributed by atoms with E-state index < -0.39 is 0 Å². The molecule has 1 rings (SSSR count). The predicted octanol–water partition coefficient (Wildman–Crippen LogP) is 3.69. The Labute approximate surface area is 117 Å². The van der Waals surface area contributed by atoms with E-state index in [9.17, 15) is 4.79 Å². The van der Waals surface area contributed by atoms with Crippen molar-refractivity contribution in [2.75, 3.05) is 12.8 Å². The van der Waals surface area contributed by atoms with Crippen LogP contribution in [0.5, 0.6) is 0 Å². The van der Waals surface area contributed by atoms with Crippen LogP contribution < -0.4 is 5.32 Å². The number of thioether (sulfide) groups is 1. The smallest absolute Gasteiger partial charge is 0.251 e. The Kier molecular flexibility index (Phi) is 5.86. The van der Waals surface area contributed by atoms with Gasteiger partial charge in [0.05, 0.1) is 0 Å². The van der Waals surface area contributed by atoms with Crippen molar-refractivity contribution in [3.8, 4) is 0 Å². The molecule has 1 aromatic carbocycles. The van der Waals surface area contributed by atoms with Crippen molar-refractivity contribution in [3.63, 3.8) is 0 Å². The molecule has 0 heterocycles. The van der Waals surface area contributed by atoms with Crippen LogP contribution in [0.25, 0.3) is 0 Å². The minimum absolute atomic E-state index is 0.0390. The predicted molar refractivity (Wildman–Crippen MR) is 77.2 cm³/mol. The second kappa shape index (κ2) is 6.67. The first kappa shape index (κ1) is 14.1. The number of benzene rings is 1. The molecule has 5 heteroatoms. The molecule has 0 fully saturated rings. The standard InChI is InChI=1S/C11H13Br2NOS/c1-7(16-2)6-14-11(15)8-3-9(12)5-10(13)4-8/h3-5,7H,6H2,1-2H3,(H,14,15). The van der Waals surface area contributed by atoms with Crippen LogP contribution in [0.3, 0.4) is 0 Å². The first-order chi connectivity index (χ1) is 7.52. The Hall–Kier alpha value is -0.000000000000000111. The molecule has 0 aliphatic carbocycles. The van der Waals surface area contributed by atoms with Crippen molar-refractivity contribution < 1.29 is 4.79 Å². The summed E-state index contributed by atoms with van der Waals surface area (Å²) in [5.41, 5.74) is 0.662. The van der Waals surface area contributed by atoms with E-state index in [0.29, 0.717) is 17.4 Å². The molecule has 0 bridgehead atoms. The van der Waals surface area contributed by atoms with Crippen molar-refractivity contribution in [2.45, 2.75) is 12.2 Å². The summed E-state index contributed by atoms with van der Waals surface area (Å²) in [6.07, 6.45) is 2.03. The van der Waals surface area contributed by atoms with E-state index in [4.69, 9.17) is 0 Å². The van der Waals surface area contributed by atoms with Crippen molar-refractivity contribution >= 4 is 49.5 Å².